The first kappa shape index (κ1) is 22.7. The van der Waals surface area contributed by atoms with Gasteiger partial charge in [-0.2, -0.15) is 0 Å². The fourth-order valence-corrected chi connectivity index (χ4v) is 6.49. The molecule has 1 aliphatic carbocycles. The van der Waals surface area contributed by atoms with Gasteiger partial charge >= 0.3 is 5.69 Å². The minimum absolute atomic E-state index is 0.0737. The number of benzene rings is 1. The van der Waals surface area contributed by atoms with Crippen molar-refractivity contribution < 1.29 is 9.13 Å². The fourth-order valence-electron chi connectivity index (χ4n) is 6.49. The van der Waals surface area contributed by atoms with Crippen LogP contribution in [0.4, 0.5) is 10.2 Å². The predicted octanol–water partition coefficient (Wildman–Crippen LogP) is 3.89. The van der Waals surface area contributed by atoms with E-state index >= 15 is 4.39 Å². The van der Waals surface area contributed by atoms with Gasteiger partial charge in [0.2, 0.25) is 0 Å². The number of anilines is 1. The molecule has 9 heteroatoms. The highest BCUT2D eigenvalue weighted by Gasteiger charge is 2.45. The molecular formula is C28H31FN6O2. The lowest BCUT2D eigenvalue weighted by molar-refractivity contribution is 0.0719. The van der Waals surface area contributed by atoms with Crippen molar-refractivity contribution in [1.82, 2.24) is 24.0 Å². The zero-order chi connectivity index (χ0) is 25.5. The fraction of sp³-hybridized carbons (Fsp3) is 0.464. The molecule has 7 rings (SSSR count). The molecule has 0 bridgehead atoms. The highest BCUT2D eigenvalue weighted by Crippen LogP contribution is 2.48. The number of rotatable bonds is 3. The van der Waals surface area contributed by atoms with Gasteiger partial charge in [0.1, 0.15) is 24.0 Å². The number of ether oxygens (including phenoxy) is 1. The van der Waals surface area contributed by atoms with Gasteiger partial charge in [0.25, 0.3) is 0 Å². The number of hydrogen-bond donors (Lipinski definition) is 0. The Labute approximate surface area is 214 Å². The second-order valence-corrected chi connectivity index (χ2v) is 11.1. The number of fused-ring (bicyclic) bond motifs is 1. The molecule has 2 aliphatic heterocycles. The Bertz CT molecular complexity index is 1590. The van der Waals surface area contributed by atoms with Gasteiger partial charge in [-0.05, 0) is 58.3 Å². The summed E-state index contributed by atoms with van der Waals surface area (Å²) < 4.78 is 25.7. The van der Waals surface area contributed by atoms with E-state index in [4.69, 9.17) is 9.72 Å². The first-order valence-electron chi connectivity index (χ1n) is 13.1. The Morgan fingerprint density at radius 3 is 2.57 bits per heavy atom. The highest BCUT2D eigenvalue weighted by atomic mass is 19.1. The summed E-state index contributed by atoms with van der Waals surface area (Å²) in [5.41, 5.74) is 2.59. The van der Waals surface area contributed by atoms with Gasteiger partial charge in [-0.1, -0.05) is 0 Å². The Balaban J connectivity index is 1.35. The Morgan fingerprint density at radius 2 is 1.92 bits per heavy atom. The quantitative estimate of drug-likeness (QED) is 0.424. The van der Waals surface area contributed by atoms with Crippen LogP contribution < -0.4 is 15.3 Å². The maximum Gasteiger partial charge on any atom is 0.329 e. The summed E-state index contributed by atoms with van der Waals surface area (Å²) >= 11 is 0. The van der Waals surface area contributed by atoms with Crippen LogP contribution in [-0.2, 0) is 12.6 Å². The summed E-state index contributed by atoms with van der Waals surface area (Å²) in [4.78, 5) is 27.2. The summed E-state index contributed by atoms with van der Waals surface area (Å²) in [5, 5.41) is 0.699. The molecule has 37 heavy (non-hydrogen) atoms. The summed E-state index contributed by atoms with van der Waals surface area (Å²) in [6.07, 6.45) is 8.37. The molecule has 1 saturated heterocycles. The van der Waals surface area contributed by atoms with E-state index in [-0.39, 0.29) is 5.69 Å². The zero-order valence-corrected chi connectivity index (χ0v) is 21.5. The second kappa shape index (κ2) is 8.02. The van der Waals surface area contributed by atoms with Crippen molar-refractivity contribution in [2.24, 2.45) is 7.05 Å². The van der Waals surface area contributed by atoms with E-state index in [0.29, 0.717) is 40.4 Å². The van der Waals surface area contributed by atoms with Crippen LogP contribution in [0.15, 0.2) is 35.4 Å². The van der Waals surface area contributed by atoms with Crippen LogP contribution in [0.2, 0.25) is 0 Å². The minimum atomic E-state index is -0.404. The zero-order valence-electron chi connectivity index (χ0n) is 21.5. The Morgan fingerprint density at radius 1 is 1.14 bits per heavy atom. The van der Waals surface area contributed by atoms with Crippen molar-refractivity contribution in [3.63, 3.8) is 0 Å². The van der Waals surface area contributed by atoms with Crippen LogP contribution >= 0.6 is 0 Å². The summed E-state index contributed by atoms with van der Waals surface area (Å²) in [5.74, 6) is 0.964. The second-order valence-electron chi connectivity index (χ2n) is 11.1. The largest absolute Gasteiger partial charge is 0.490 e. The van der Waals surface area contributed by atoms with E-state index in [1.165, 1.54) is 6.07 Å². The van der Waals surface area contributed by atoms with Gasteiger partial charge < -0.3 is 14.5 Å². The third kappa shape index (κ3) is 3.19. The number of nitrogens with zero attached hydrogens (tertiary/aromatic N) is 6. The molecule has 0 radical (unpaired) electrons. The number of aromatic nitrogens is 4. The lowest BCUT2D eigenvalue weighted by atomic mass is 9.77. The Kier molecular flexibility index (Phi) is 4.92. The average molecular weight is 503 g/mol. The SMILES string of the molecule is CN(C)C1CCN(c2ccc(-c3c(F)cc4ncc5c6c4c3OCC3(CCC3)n6c(=O)n5C)cn2)CC1. The summed E-state index contributed by atoms with van der Waals surface area (Å²) in [6, 6.07) is 5.96. The van der Waals surface area contributed by atoms with E-state index in [1.54, 1.807) is 24.0 Å². The molecule has 192 valence electrons. The molecule has 0 amide bonds. The topological polar surface area (TPSA) is 68.4 Å². The molecule has 5 heterocycles. The van der Waals surface area contributed by atoms with Crippen molar-refractivity contribution in [3.8, 4) is 16.9 Å². The van der Waals surface area contributed by atoms with Crippen molar-refractivity contribution >= 4 is 27.8 Å². The van der Waals surface area contributed by atoms with Crippen molar-refractivity contribution in [2.45, 2.75) is 43.7 Å². The Hall–Kier alpha value is -3.46. The van der Waals surface area contributed by atoms with Gasteiger partial charge in [-0.25, -0.2) is 14.2 Å². The van der Waals surface area contributed by atoms with E-state index < -0.39 is 11.4 Å². The number of halogens is 1. The molecule has 0 unspecified atom stereocenters. The van der Waals surface area contributed by atoms with Crippen molar-refractivity contribution in [2.75, 3.05) is 38.7 Å². The van der Waals surface area contributed by atoms with Crippen LogP contribution in [0.3, 0.4) is 0 Å². The predicted molar refractivity (Wildman–Crippen MR) is 142 cm³/mol. The summed E-state index contributed by atoms with van der Waals surface area (Å²) in [7, 11) is 6.04. The van der Waals surface area contributed by atoms with E-state index in [0.717, 1.165) is 62.0 Å². The number of piperidine rings is 1. The lowest BCUT2D eigenvalue weighted by Crippen LogP contribution is -2.50. The maximum absolute atomic E-state index is 15.7. The van der Waals surface area contributed by atoms with Gasteiger partial charge in [0.15, 0.2) is 0 Å². The molecular weight excluding hydrogens is 471 g/mol. The number of imidazole rings is 1. The number of hydrogen-bond acceptors (Lipinski definition) is 6. The summed E-state index contributed by atoms with van der Waals surface area (Å²) in [6.45, 7) is 2.23. The molecule has 1 aromatic carbocycles. The molecule has 4 aromatic rings. The molecule has 8 nitrogen and oxygen atoms in total. The normalized spacial score (nSPS) is 19.1. The van der Waals surface area contributed by atoms with Gasteiger partial charge in [0.05, 0.1) is 39.2 Å². The maximum atomic E-state index is 15.7. The highest BCUT2D eigenvalue weighted by molar-refractivity contribution is 6.09. The average Bonchev–Trinajstić information content (AvgIpc) is 3.03. The van der Waals surface area contributed by atoms with Crippen LogP contribution in [0.1, 0.15) is 32.1 Å². The third-order valence-electron chi connectivity index (χ3n) is 8.88. The van der Waals surface area contributed by atoms with E-state index in [2.05, 4.69) is 28.9 Å². The number of aryl methyl sites for hydroxylation is 1. The van der Waals surface area contributed by atoms with Crippen LogP contribution in [0.5, 0.6) is 5.75 Å². The van der Waals surface area contributed by atoms with Gasteiger partial charge in [-0.3, -0.25) is 14.1 Å². The molecule has 0 atom stereocenters. The monoisotopic (exact) mass is 502 g/mol. The standard InChI is InChI=1S/C28H31FN6O2/c1-32(2)18-7-11-34(12-8-18)22-6-5-17(14-31-22)23-19(29)13-20-24-25-21(15-30-20)33(3)27(36)35(25)28(9-4-10-28)16-37-26(23)24/h5-6,13-15,18H,4,7-12,16H2,1-3H3. The van der Waals surface area contributed by atoms with E-state index in [1.807, 2.05) is 16.7 Å². The molecule has 0 N–H and O–H groups in total. The van der Waals surface area contributed by atoms with Crippen molar-refractivity contribution in [3.05, 3.63) is 46.9 Å². The minimum Gasteiger partial charge on any atom is -0.490 e. The first-order chi connectivity index (χ1) is 17.9. The molecule has 3 aliphatic rings. The van der Waals surface area contributed by atoms with Crippen LogP contribution in [0.25, 0.3) is 33.1 Å². The number of pyridine rings is 2. The van der Waals surface area contributed by atoms with E-state index in [9.17, 15) is 4.79 Å². The molecule has 2 fully saturated rings. The van der Waals surface area contributed by atoms with Gasteiger partial charge in [-0.15, -0.1) is 0 Å². The van der Waals surface area contributed by atoms with Crippen LogP contribution in [-0.4, -0.2) is 63.8 Å². The molecule has 3 aromatic heterocycles. The van der Waals surface area contributed by atoms with Crippen LogP contribution in [0, 0.1) is 5.82 Å². The van der Waals surface area contributed by atoms with Gasteiger partial charge in [0, 0.05) is 44.0 Å². The first-order valence-corrected chi connectivity index (χ1v) is 13.1. The molecule has 1 saturated carbocycles. The third-order valence-corrected chi connectivity index (χ3v) is 8.88. The lowest BCUT2D eigenvalue weighted by Gasteiger charge is -2.41. The smallest absolute Gasteiger partial charge is 0.329 e. The molecule has 1 spiro atoms. The van der Waals surface area contributed by atoms with Crippen molar-refractivity contribution in [1.29, 1.82) is 0 Å².